The molecule has 0 bridgehead atoms. The molecule has 0 heterocycles. The Balaban J connectivity index is 1.68. The van der Waals surface area contributed by atoms with Gasteiger partial charge < -0.3 is 15.5 Å². The number of carbonyl (C=O) groups excluding carboxylic acids is 2. The third-order valence-corrected chi connectivity index (χ3v) is 4.08. The van der Waals surface area contributed by atoms with Crippen LogP contribution in [0.5, 0.6) is 0 Å². The Kier molecular flexibility index (Phi) is 5.35. The molecule has 0 aromatic heterocycles. The number of urea groups is 1. The van der Waals surface area contributed by atoms with Crippen LogP contribution in [0, 0.1) is 11.7 Å². The Morgan fingerprint density at radius 1 is 1.27 bits per heavy atom. The average Bonchev–Trinajstić information content (AvgIpc) is 3.35. The van der Waals surface area contributed by atoms with Crippen LogP contribution >= 0.6 is 0 Å². The van der Waals surface area contributed by atoms with E-state index in [-0.39, 0.29) is 30.9 Å². The summed E-state index contributed by atoms with van der Waals surface area (Å²) in [6.45, 7) is 2.29. The van der Waals surface area contributed by atoms with Crippen LogP contribution in [0.2, 0.25) is 0 Å². The standard InChI is InChI=1S/C16H22FN3O2/c1-11(13-5-6-13)20(2)15(21)10-19-16(22)18-9-12-3-7-14(17)8-4-12/h3-4,7-8,11,13H,5-6,9-10H2,1-2H3,(H2,18,19,22). The van der Waals surface area contributed by atoms with E-state index in [1.165, 1.54) is 25.0 Å². The van der Waals surface area contributed by atoms with E-state index < -0.39 is 6.03 Å². The summed E-state index contributed by atoms with van der Waals surface area (Å²) in [6, 6.07) is 5.69. The van der Waals surface area contributed by atoms with Gasteiger partial charge in [0, 0.05) is 19.6 Å². The highest BCUT2D eigenvalue weighted by atomic mass is 19.1. The van der Waals surface area contributed by atoms with Crippen molar-refractivity contribution >= 4 is 11.9 Å². The predicted octanol–water partition coefficient (Wildman–Crippen LogP) is 1.88. The Labute approximate surface area is 129 Å². The van der Waals surface area contributed by atoms with Gasteiger partial charge in [-0.05, 0) is 43.4 Å². The molecule has 1 atom stereocenters. The summed E-state index contributed by atoms with van der Waals surface area (Å²) in [7, 11) is 1.77. The molecule has 1 aliphatic rings. The zero-order valence-corrected chi connectivity index (χ0v) is 12.9. The number of carbonyl (C=O) groups is 2. The number of hydrogen-bond acceptors (Lipinski definition) is 2. The van der Waals surface area contributed by atoms with Gasteiger partial charge in [-0.2, -0.15) is 0 Å². The number of benzene rings is 1. The zero-order valence-electron chi connectivity index (χ0n) is 12.9. The van der Waals surface area contributed by atoms with E-state index in [0.717, 1.165) is 5.56 Å². The van der Waals surface area contributed by atoms with Crippen LogP contribution in [0.15, 0.2) is 24.3 Å². The lowest BCUT2D eigenvalue weighted by molar-refractivity contribution is -0.130. The monoisotopic (exact) mass is 307 g/mol. The number of nitrogens with one attached hydrogen (secondary N) is 2. The first-order valence-corrected chi connectivity index (χ1v) is 7.49. The molecule has 2 rings (SSSR count). The predicted molar refractivity (Wildman–Crippen MR) is 81.6 cm³/mol. The number of amides is 3. The molecule has 22 heavy (non-hydrogen) atoms. The average molecular weight is 307 g/mol. The molecule has 0 spiro atoms. The molecule has 2 N–H and O–H groups in total. The van der Waals surface area contributed by atoms with Gasteiger partial charge in [0.25, 0.3) is 0 Å². The Morgan fingerprint density at radius 2 is 1.91 bits per heavy atom. The zero-order chi connectivity index (χ0) is 16.1. The Bertz CT molecular complexity index is 529. The second-order valence-electron chi connectivity index (χ2n) is 5.75. The number of nitrogens with zero attached hydrogens (tertiary/aromatic N) is 1. The maximum Gasteiger partial charge on any atom is 0.315 e. The van der Waals surface area contributed by atoms with Gasteiger partial charge in [0.1, 0.15) is 5.82 Å². The fourth-order valence-corrected chi connectivity index (χ4v) is 2.25. The molecule has 1 saturated carbocycles. The molecule has 5 nitrogen and oxygen atoms in total. The van der Waals surface area contributed by atoms with Crippen molar-refractivity contribution in [3.63, 3.8) is 0 Å². The first kappa shape index (κ1) is 16.3. The van der Waals surface area contributed by atoms with Crippen LogP contribution in [-0.4, -0.2) is 36.5 Å². The van der Waals surface area contributed by atoms with Gasteiger partial charge in [0.05, 0.1) is 6.54 Å². The summed E-state index contributed by atoms with van der Waals surface area (Å²) in [6.07, 6.45) is 2.34. The summed E-state index contributed by atoms with van der Waals surface area (Å²) in [5, 5.41) is 5.18. The molecule has 0 saturated heterocycles. The minimum atomic E-state index is -0.412. The van der Waals surface area contributed by atoms with Gasteiger partial charge in [-0.3, -0.25) is 4.79 Å². The lowest BCUT2D eigenvalue weighted by Gasteiger charge is -2.25. The van der Waals surface area contributed by atoms with Crippen molar-refractivity contribution in [3.8, 4) is 0 Å². The molecule has 1 aromatic carbocycles. The fraction of sp³-hybridized carbons (Fsp3) is 0.500. The van der Waals surface area contributed by atoms with Gasteiger partial charge >= 0.3 is 6.03 Å². The van der Waals surface area contributed by atoms with Crippen molar-refractivity contribution in [2.24, 2.45) is 5.92 Å². The van der Waals surface area contributed by atoms with E-state index >= 15 is 0 Å². The van der Waals surface area contributed by atoms with E-state index in [9.17, 15) is 14.0 Å². The van der Waals surface area contributed by atoms with E-state index in [1.54, 1.807) is 24.1 Å². The second kappa shape index (κ2) is 7.24. The second-order valence-corrected chi connectivity index (χ2v) is 5.75. The largest absolute Gasteiger partial charge is 0.341 e. The summed E-state index contributed by atoms with van der Waals surface area (Å²) in [5.74, 6) is 0.184. The summed E-state index contributed by atoms with van der Waals surface area (Å²) < 4.78 is 12.8. The quantitative estimate of drug-likeness (QED) is 0.843. The molecule has 1 fully saturated rings. The van der Waals surface area contributed by atoms with Gasteiger partial charge in [-0.1, -0.05) is 12.1 Å². The number of halogens is 1. The van der Waals surface area contributed by atoms with Crippen LogP contribution in [0.3, 0.4) is 0 Å². The number of rotatable bonds is 6. The van der Waals surface area contributed by atoms with E-state index in [1.807, 2.05) is 6.92 Å². The molecule has 120 valence electrons. The first-order valence-electron chi connectivity index (χ1n) is 7.49. The van der Waals surface area contributed by atoms with E-state index in [4.69, 9.17) is 0 Å². The molecule has 1 aliphatic carbocycles. The molecule has 0 radical (unpaired) electrons. The molecule has 6 heteroatoms. The Morgan fingerprint density at radius 3 is 2.50 bits per heavy atom. The highest BCUT2D eigenvalue weighted by Gasteiger charge is 2.32. The molecule has 0 aliphatic heterocycles. The normalized spacial score (nSPS) is 15.0. The smallest absolute Gasteiger partial charge is 0.315 e. The first-order chi connectivity index (χ1) is 10.5. The topological polar surface area (TPSA) is 61.4 Å². The highest BCUT2D eigenvalue weighted by molar-refractivity contribution is 5.84. The number of hydrogen-bond donors (Lipinski definition) is 2. The minimum absolute atomic E-state index is 0.0250. The lowest BCUT2D eigenvalue weighted by atomic mass is 10.2. The summed E-state index contributed by atoms with van der Waals surface area (Å²) in [5.41, 5.74) is 0.794. The molecular formula is C16H22FN3O2. The third-order valence-electron chi connectivity index (χ3n) is 4.08. The minimum Gasteiger partial charge on any atom is -0.341 e. The number of likely N-dealkylation sites (N-methyl/N-ethyl adjacent to an activating group) is 1. The van der Waals surface area contributed by atoms with Crippen molar-refractivity contribution < 1.29 is 14.0 Å². The molecule has 1 unspecified atom stereocenters. The summed E-state index contributed by atoms with van der Waals surface area (Å²) in [4.78, 5) is 25.3. The van der Waals surface area contributed by atoms with Crippen molar-refractivity contribution in [1.29, 1.82) is 0 Å². The van der Waals surface area contributed by atoms with E-state index in [2.05, 4.69) is 10.6 Å². The highest BCUT2D eigenvalue weighted by Crippen LogP contribution is 2.34. The fourth-order valence-electron chi connectivity index (χ4n) is 2.25. The van der Waals surface area contributed by atoms with Crippen LogP contribution < -0.4 is 10.6 Å². The Hall–Kier alpha value is -2.11. The van der Waals surface area contributed by atoms with Crippen LogP contribution in [0.4, 0.5) is 9.18 Å². The molecule has 3 amide bonds. The van der Waals surface area contributed by atoms with Gasteiger partial charge in [0.2, 0.25) is 5.91 Å². The van der Waals surface area contributed by atoms with Gasteiger partial charge in [-0.25, -0.2) is 9.18 Å². The maximum atomic E-state index is 12.8. The SMILES string of the molecule is CC(C1CC1)N(C)C(=O)CNC(=O)NCc1ccc(F)cc1. The third kappa shape index (κ3) is 4.72. The molecular weight excluding hydrogens is 285 g/mol. The lowest BCUT2D eigenvalue weighted by Crippen LogP contribution is -2.45. The van der Waals surface area contributed by atoms with Crippen molar-refractivity contribution in [2.75, 3.05) is 13.6 Å². The van der Waals surface area contributed by atoms with Crippen LogP contribution in [0.25, 0.3) is 0 Å². The van der Waals surface area contributed by atoms with Crippen molar-refractivity contribution in [2.45, 2.75) is 32.4 Å². The van der Waals surface area contributed by atoms with Crippen molar-refractivity contribution in [1.82, 2.24) is 15.5 Å². The van der Waals surface area contributed by atoms with Crippen LogP contribution in [-0.2, 0) is 11.3 Å². The van der Waals surface area contributed by atoms with Crippen molar-refractivity contribution in [3.05, 3.63) is 35.6 Å². The molecule has 1 aromatic rings. The summed E-state index contributed by atoms with van der Waals surface area (Å²) >= 11 is 0. The maximum absolute atomic E-state index is 12.8. The van der Waals surface area contributed by atoms with Gasteiger partial charge in [-0.15, -0.1) is 0 Å². The van der Waals surface area contributed by atoms with Gasteiger partial charge in [0.15, 0.2) is 0 Å². The van der Waals surface area contributed by atoms with E-state index in [0.29, 0.717) is 5.92 Å². The van der Waals surface area contributed by atoms with Crippen LogP contribution in [0.1, 0.15) is 25.3 Å².